The summed E-state index contributed by atoms with van der Waals surface area (Å²) < 4.78 is 4.28. The zero-order valence-electron chi connectivity index (χ0n) is 12.8. The first-order chi connectivity index (χ1) is 10.2. The van der Waals surface area contributed by atoms with Crippen LogP contribution in [0, 0.1) is 0 Å². The molecule has 2 aromatic heterocycles. The molecular formula is C16H24N4S. The van der Waals surface area contributed by atoms with Gasteiger partial charge in [0.25, 0.3) is 0 Å². The van der Waals surface area contributed by atoms with Gasteiger partial charge in [-0.1, -0.05) is 38.7 Å². The number of nitrogens with zero attached hydrogens (tertiary/aromatic N) is 2. The molecule has 0 spiro atoms. The van der Waals surface area contributed by atoms with Gasteiger partial charge in [-0.25, -0.2) is 0 Å². The number of anilines is 2. The van der Waals surface area contributed by atoms with E-state index < -0.39 is 0 Å². The third-order valence-electron chi connectivity index (χ3n) is 3.54. The molecule has 0 amide bonds. The molecule has 21 heavy (non-hydrogen) atoms. The molecule has 114 valence electrons. The van der Waals surface area contributed by atoms with Crippen molar-refractivity contribution < 1.29 is 0 Å². The van der Waals surface area contributed by atoms with Crippen LogP contribution in [-0.4, -0.2) is 15.4 Å². The smallest absolute Gasteiger partial charge is 0.147 e. The lowest BCUT2D eigenvalue weighted by Crippen LogP contribution is -2.14. The highest BCUT2D eigenvalue weighted by molar-refractivity contribution is 7.11. The van der Waals surface area contributed by atoms with E-state index in [0.29, 0.717) is 11.9 Å². The lowest BCUT2D eigenvalue weighted by Gasteiger charge is -2.15. The fourth-order valence-corrected chi connectivity index (χ4v) is 3.21. The molecule has 2 aromatic rings. The third kappa shape index (κ3) is 4.43. The van der Waals surface area contributed by atoms with Gasteiger partial charge < -0.3 is 11.1 Å². The van der Waals surface area contributed by atoms with E-state index >= 15 is 0 Å². The van der Waals surface area contributed by atoms with Crippen molar-refractivity contribution in [2.75, 3.05) is 11.1 Å². The molecule has 0 radical (unpaired) electrons. The number of hydrogen-bond acceptors (Lipinski definition) is 5. The summed E-state index contributed by atoms with van der Waals surface area (Å²) in [5, 5.41) is 4.60. The molecule has 4 nitrogen and oxygen atoms in total. The first-order valence-corrected chi connectivity index (χ1v) is 8.41. The van der Waals surface area contributed by atoms with Gasteiger partial charge in [-0.05, 0) is 30.9 Å². The summed E-state index contributed by atoms with van der Waals surface area (Å²) >= 11 is 1.43. The summed E-state index contributed by atoms with van der Waals surface area (Å²) in [5.74, 6) is 0.577. The van der Waals surface area contributed by atoms with E-state index in [1.807, 2.05) is 18.3 Å². The predicted molar refractivity (Wildman–Crippen MR) is 91.6 cm³/mol. The van der Waals surface area contributed by atoms with E-state index in [1.165, 1.54) is 43.6 Å². The molecule has 0 bridgehead atoms. The van der Waals surface area contributed by atoms with Crippen LogP contribution < -0.4 is 11.1 Å². The minimum absolute atomic E-state index is 0.428. The van der Waals surface area contributed by atoms with Crippen molar-refractivity contribution in [3.05, 3.63) is 24.5 Å². The van der Waals surface area contributed by atoms with Gasteiger partial charge in [0.2, 0.25) is 0 Å². The first-order valence-electron chi connectivity index (χ1n) is 7.64. The summed E-state index contributed by atoms with van der Waals surface area (Å²) in [6.45, 7) is 4.46. The number of nitrogens with two attached hydrogens (primary N) is 1. The van der Waals surface area contributed by atoms with Gasteiger partial charge in [-0.2, -0.15) is 4.37 Å². The average molecular weight is 304 g/mol. The van der Waals surface area contributed by atoms with Crippen LogP contribution in [0.15, 0.2) is 24.5 Å². The summed E-state index contributed by atoms with van der Waals surface area (Å²) in [4.78, 5) is 4.17. The molecule has 0 aliphatic rings. The van der Waals surface area contributed by atoms with Gasteiger partial charge in [0.1, 0.15) is 10.8 Å². The van der Waals surface area contributed by atoms with Crippen molar-refractivity contribution in [2.24, 2.45) is 0 Å². The largest absolute Gasteiger partial charge is 0.382 e. The molecule has 2 rings (SSSR count). The highest BCUT2D eigenvalue weighted by Gasteiger charge is 2.15. The van der Waals surface area contributed by atoms with Crippen molar-refractivity contribution in [3.63, 3.8) is 0 Å². The highest BCUT2D eigenvalue weighted by atomic mass is 32.1. The highest BCUT2D eigenvalue weighted by Crippen LogP contribution is 2.36. The minimum atomic E-state index is 0.428. The Morgan fingerprint density at radius 2 is 2.19 bits per heavy atom. The SMILES string of the molecule is CCCCCCC(C)Nc1snc(N)c1-c1cccnc1. The number of unbranched alkanes of at least 4 members (excludes halogenated alkanes) is 3. The average Bonchev–Trinajstić information content (AvgIpc) is 2.85. The Morgan fingerprint density at radius 1 is 1.33 bits per heavy atom. The van der Waals surface area contributed by atoms with Crippen LogP contribution in [0.25, 0.3) is 11.1 Å². The molecule has 0 aliphatic heterocycles. The van der Waals surface area contributed by atoms with E-state index in [-0.39, 0.29) is 0 Å². The van der Waals surface area contributed by atoms with Crippen LogP contribution in [0.4, 0.5) is 10.8 Å². The van der Waals surface area contributed by atoms with E-state index in [0.717, 1.165) is 16.1 Å². The Bertz CT molecular complexity index is 538. The van der Waals surface area contributed by atoms with Crippen LogP contribution in [0.2, 0.25) is 0 Å². The van der Waals surface area contributed by atoms with Crippen molar-refractivity contribution in [3.8, 4) is 11.1 Å². The number of aromatic nitrogens is 2. The Labute approximate surface area is 131 Å². The normalized spacial score (nSPS) is 12.3. The zero-order chi connectivity index (χ0) is 15.1. The Balaban J connectivity index is 2.01. The summed E-state index contributed by atoms with van der Waals surface area (Å²) in [6, 6.07) is 4.37. The first kappa shape index (κ1) is 15.8. The number of rotatable bonds is 8. The van der Waals surface area contributed by atoms with Crippen LogP contribution in [-0.2, 0) is 0 Å². The lowest BCUT2D eigenvalue weighted by molar-refractivity contribution is 0.595. The minimum Gasteiger partial charge on any atom is -0.382 e. The predicted octanol–water partition coefficient (Wildman–Crippen LogP) is 4.56. The lowest BCUT2D eigenvalue weighted by atomic mass is 10.1. The summed E-state index contributed by atoms with van der Waals surface area (Å²) in [5.41, 5.74) is 8.02. The van der Waals surface area contributed by atoms with Crippen molar-refractivity contribution in [1.82, 2.24) is 9.36 Å². The monoisotopic (exact) mass is 304 g/mol. The fourth-order valence-electron chi connectivity index (χ4n) is 2.36. The molecule has 2 heterocycles. The van der Waals surface area contributed by atoms with Gasteiger partial charge in [0, 0.05) is 24.0 Å². The maximum Gasteiger partial charge on any atom is 0.147 e. The second-order valence-corrected chi connectivity index (χ2v) is 6.18. The van der Waals surface area contributed by atoms with E-state index in [9.17, 15) is 0 Å². The van der Waals surface area contributed by atoms with Gasteiger partial charge >= 0.3 is 0 Å². The van der Waals surface area contributed by atoms with Crippen molar-refractivity contribution in [1.29, 1.82) is 0 Å². The molecule has 0 fully saturated rings. The van der Waals surface area contributed by atoms with Gasteiger partial charge in [0.05, 0.1) is 5.56 Å². The Hall–Kier alpha value is -1.62. The standard InChI is InChI=1S/C16H24N4S/c1-3-4-5-6-8-12(2)19-16-14(15(17)20-21-16)13-9-7-10-18-11-13/h7,9-12,19H,3-6,8H2,1-2H3,(H2,17,20). The molecule has 1 unspecified atom stereocenters. The number of pyridine rings is 1. The summed E-state index contributed by atoms with van der Waals surface area (Å²) in [7, 11) is 0. The molecule has 0 aromatic carbocycles. The van der Waals surface area contributed by atoms with Crippen molar-refractivity contribution >= 4 is 22.4 Å². The van der Waals surface area contributed by atoms with Crippen LogP contribution in [0.5, 0.6) is 0 Å². The fraction of sp³-hybridized carbons (Fsp3) is 0.500. The van der Waals surface area contributed by atoms with E-state index in [2.05, 4.69) is 28.5 Å². The number of hydrogen-bond donors (Lipinski definition) is 2. The quantitative estimate of drug-likeness (QED) is 0.702. The molecule has 1 atom stereocenters. The topological polar surface area (TPSA) is 63.8 Å². The Morgan fingerprint density at radius 3 is 2.90 bits per heavy atom. The molecule has 0 saturated carbocycles. The second kappa shape index (κ2) is 7.98. The van der Waals surface area contributed by atoms with Crippen LogP contribution in [0.3, 0.4) is 0 Å². The molecule has 0 saturated heterocycles. The zero-order valence-corrected chi connectivity index (χ0v) is 13.6. The van der Waals surface area contributed by atoms with Crippen molar-refractivity contribution in [2.45, 2.75) is 52.0 Å². The van der Waals surface area contributed by atoms with Gasteiger partial charge in [0.15, 0.2) is 0 Å². The maximum absolute atomic E-state index is 6.02. The van der Waals surface area contributed by atoms with Gasteiger partial charge in [-0.3, -0.25) is 4.98 Å². The third-order valence-corrected chi connectivity index (χ3v) is 4.33. The van der Waals surface area contributed by atoms with Crippen LogP contribution >= 0.6 is 11.5 Å². The Kier molecular flexibility index (Phi) is 5.99. The maximum atomic E-state index is 6.02. The van der Waals surface area contributed by atoms with Gasteiger partial charge in [-0.15, -0.1) is 0 Å². The van der Waals surface area contributed by atoms with E-state index in [4.69, 9.17) is 5.73 Å². The number of nitrogen functional groups attached to an aromatic ring is 1. The summed E-state index contributed by atoms with van der Waals surface area (Å²) in [6.07, 6.45) is 9.94. The van der Waals surface area contributed by atoms with Crippen LogP contribution in [0.1, 0.15) is 46.0 Å². The molecular weight excluding hydrogens is 280 g/mol. The molecule has 0 aliphatic carbocycles. The number of nitrogens with one attached hydrogen (secondary N) is 1. The second-order valence-electron chi connectivity index (χ2n) is 5.41. The molecule has 3 N–H and O–H groups in total. The van der Waals surface area contributed by atoms with E-state index in [1.54, 1.807) is 6.20 Å². The molecule has 5 heteroatoms.